The van der Waals surface area contributed by atoms with Gasteiger partial charge in [-0.3, -0.25) is 14.4 Å². The van der Waals surface area contributed by atoms with Crippen molar-refractivity contribution < 1.29 is 19.5 Å². The molecule has 0 fully saturated rings. The van der Waals surface area contributed by atoms with Gasteiger partial charge in [0.15, 0.2) is 5.78 Å². The van der Waals surface area contributed by atoms with Gasteiger partial charge in [-0.05, 0) is 42.3 Å². The fourth-order valence-electron chi connectivity index (χ4n) is 3.53. The Balaban J connectivity index is 1.44. The van der Waals surface area contributed by atoms with Crippen molar-refractivity contribution in [3.63, 3.8) is 0 Å². The van der Waals surface area contributed by atoms with Gasteiger partial charge in [-0.2, -0.15) is 0 Å². The summed E-state index contributed by atoms with van der Waals surface area (Å²) in [4.78, 5) is 55.7. The summed E-state index contributed by atoms with van der Waals surface area (Å²) >= 11 is 0. The van der Waals surface area contributed by atoms with Crippen molar-refractivity contribution in [3.05, 3.63) is 100.0 Å². The van der Waals surface area contributed by atoms with Crippen LogP contribution in [0.3, 0.4) is 0 Å². The quantitative estimate of drug-likeness (QED) is 0.392. The molecule has 1 atom stereocenters. The lowest BCUT2D eigenvalue weighted by Crippen LogP contribution is -2.39. The van der Waals surface area contributed by atoms with Gasteiger partial charge in [-0.25, -0.2) is 9.78 Å². The first kappa shape index (κ1) is 22.6. The zero-order valence-corrected chi connectivity index (χ0v) is 18.2. The molecule has 2 aromatic carbocycles. The van der Waals surface area contributed by atoms with Gasteiger partial charge in [0.1, 0.15) is 11.1 Å². The summed E-state index contributed by atoms with van der Waals surface area (Å²) < 4.78 is 0. The molecule has 0 radical (unpaired) electrons. The van der Waals surface area contributed by atoms with Gasteiger partial charge < -0.3 is 15.4 Å². The minimum Gasteiger partial charge on any atom is -0.477 e. The molecule has 1 amide bonds. The Kier molecular flexibility index (Phi) is 6.31. The Hall–Kier alpha value is -4.59. The summed E-state index contributed by atoms with van der Waals surface area (Å²) in [5.74, 6) is -2.04. The standard InChI is InChI=1S/C26H21N3O5/c1-15(28-25(32)18-9-7-17(8-10-18)16-5-3-2-4-6-16)22(30)13-19-11-12-21-23(29-19)24(31)20(14-27-21)26(33)34/h2-12,14-15H,13H2,1H3,(H,27,31)(H,28,32)(H,33,34)/t15-/m0/s1. The molecule has 8 heteroatoms. The van der Waals surface area contributed by atoms with E-state index in [1.165, 1.54) is 0 Å². The molecule has 0 aliphatic heterocycles. The minimum absolute atomic E-state index is 0.0552. The fraction of sp³-hybridized carbons (Fsp3) is 0.115. The van der Waals surface area contributed by atoms with Gasteiger partial charge >= 0.3 is 5.97 Å². The van der Waals surface area contributed by atoms with E-state index in [1.54, 1.807) is 31.2 Å². The molecule has 8 nitrogen and oxygen atoms in total. The molecule has 0 spiro atoms. The lowest BCUT2D eigenvalue weighted by Gasteiger charge is -2.13. The van der Waals surface area contributed by atoms with Crippen molar-refractivity contribution in [1.29, 1.82) is 0 Å². The van der Waals surface area contributed by atoms with E-state index in [9.17, 15) is 19.2 Å². The number of amides is 1. The average Bonchev–Trinajstić information content (AvgIpc) is 2.85. The van der Waals surface area contributed by atoms with E-state index in [4.69, 9.17) is 5.11 Å². The molecule has 0 saturated heterocycles. The Morgan fingerprint density at radius 2 is 1.65 bits per heavy atom. The van der Waals surface area contributed by atoms with Crippen LogP contribution in [0.5, 0.6) is 0 Å². The van der Waals surface area contributed by atoms with E-state index in [-0.39, 0.29) is 23.6 Å². The highest BCUT2D eigenvalue weighted by Crippen LogP contribution is 2.19. The SMILES string of the molecule is C[C@H](NC(=O)c1ccc(-c2ccccc2)cc1)C(=O)Cc1ccc2[nH]cc(C(=O)O)c(=O)c2n1. The summed E-state index contributed by atoms with van der Waals surface area (Å²) in [5, 5.41) is 11.8. The molecule has 0 saturated carbocycles. The van der Waals surface area contributed by atoms with Crippen LogP contribution in [0, 0.1) is 0 Å². The number of Topliss-reactive ketones (excluding diaryl/α,β-unsaturated/α-hetero) is 1. The number of nitrogens with one attached hydrogen (secondary N) is 2. The van der Waals surface area contributed by atoms with Crippen LogP contribution in [0.15, 0.2) is 77.7 Å². The number of rotatable bonds is 7. The summed E-state index contributed by atoms with van der Waals surface area (Å²) in [7, 11) is 0. The Morgan fingerprint density at radius 3 is 2.32 bits per heavy atom. The zero-order chi connectivity index (χ0) is 24.2. The third-order valence-corrected chi connectivity index (χ3v) is 5.46. The Labute approximate surface area is 194 Å². The highest BCUT2D eigenvalue weighted by molar-refractivity contribution is 5.98. The zero-order valence-electron chi connectivity index (χ0n) is 18.2. The molecule has 0 bridgehead atoms. The lowest BCUT2D eigenvalue weighted by atomic mass is 10.0. The first-order valence-electron chi connectivity index (χ1n) is 10.6. The van der Waals surface area contributed by atoms with Gasteiger partial charge in [-0.15, -0.1) is 0 Å². The monoisotopic (exact) mass is 455 g/mol. The maximum Gasteiger partial charge on any atom is 0.341 e. The number of nitrogens with zero attached hydrogens (tertiary/aromatic N) is 1. The van der Waals surface area contributed by atoms with E-state index in [0.717, 1.165) is 17.3 Å². The molecule has 4 aromatic rings. The smallest absolute Gasteiger partial charge is 0.341 e. The van der Waals surface area contributed by atoms with Crippen molar-refractivity contribution in [2.75, 3.05) is 0 Å². The van der Waals surface area contributed by atoms with E-state index in [0.29, 0.717) is 16.8 Å². The van der Waals surface area contributed by atoms with Crippen LogP contribution in [-0.2, 0) is 11.2 Å². The predicted octanol–water partition coefficient (Wildman–Crippen LogP) is 3.22. The van der Waals surface area contributed by atoms with Crippen molar-refractivity contribution in [3.8, 4) is 11.1 Å². The third kappa shape index (κ3) is 4.75. The van der Waals surface area contributed by atoms with Crippen molar-refractivity contribution in [1.82, 2.24) is 15.3 Å². The van der Waals surface area contributed by atoms with Crippen LogP contribution in [0.2, 0.25) is 0 Å². The van der Waals surface area contributed by atoms with Gasteiger partial charge in [0.25, 0.3) is 5.91 Å². The van der Waals surface area contributed by atoms with Crippen molar-refractivity contribution in [2.45, 2.75) is 19.4 Å². The van der Waals surface area contributed by atoms with E-state index in [2.05, 4.69) is 15.3 Å². The number of hydrogen-bond donors (Lipinski definition) is 3. The molecule has 3 N–H and O–H groups in total. The second kappa shape index (κ2) is 9.50. The molecule has 0 aliphatic carbocycles. The molecular weight excluding hydrogens is 434 g/mol. The van der Waals surface area contributed by atoms with Crippen LogP contribution in [0.4, 0.5) is 0 Å². The van der Waals surface area contributed by atoms with E-state index < -0.39 is 23.0 Å². The van der Waals surface area contributed by atoms with Gasteiger partial charge in [0.2, 0.25) is 5.43 Å². The first-order valence-corrected chi connectivity index (χ1v) is 10.6. The number of aromatic nitrogens is 2. The third-order valence-electron chi connectivity index (χ3n) is 5.46. The highest BCUT2D eigenvalue weighted by Gasteiger charge is 2.19. The van der Waals surface area contributed by atoms with Gasteiger partial charge in [0.05, 0.1) is 18.0 Å². The minimum atomic E-state index is -1.36. The van der Waals surface area contributed by atoms with Crippen molar-refractivity contribution >= 4 is 28.7 Å². The predicted molar refractivity (Wildman–Crippen MR) is 127 cm³/mol. The number of aromatic amines is 1. The molecule has 2 heterocycles. The second-order valence-electron chi connectivity index (χ2n) is 7.82. The fourth-order valence-corrected chi connectivity index (χ4v) is 3.53. The number of benzene rings is 2. The van der Waals surface area contributed by atoms with E-state index in [1.807, 2.05) is 42.5 Å². The second-order valence-corrected chi connectivity index (χ2v) is 7.82. The maximum absolute atomic E-state index is 12.7. The molecule has 170 valence electrons. The normalized spacial score (nSPS) is 11.7. The van der Waals surface area contributed by atoms with Crippen LogP contribution in [0.1, 0.15) is 33.3 Å². The number of H-pyrrole nitrogens is 1. The topological polar surface area (TPSA) is 129 Å². The molecule has 4 rings (SSSR count). The molecule has 34 heavy (non-hydrogen) atoms. The van der Waals surface area contributed by atoms with E-state index >= 15 is 0 Å². The molecule has 0 unspecified atom stereocenters. The number of hydrogen-bond acceptors (Lipinski definition) is 5. The van der Waals surface area contributed by atoms with Crippen LogP contribution >= 0.6 is 0 Å². The molecule has 2 aromatic heterocycles. The van der Waals surface area contributed by atoms with Gasteiger partial charge in [-0.1, -0.05) is 42.5 Å². The Morgan fingerprint density at radius 1 is 0.971 bits per heavy atom. The summed E-state index contributed by atoms with van der Waals surface area (Å²) in [5.41, 5.74) is 1.90. The summed E-state index contributed by atoms with van der Waals surface area (Å²) in [6, 6.07) is 19.2. The first-order chi connectivity index (χ1) is 16.3. The lowest BCUT2D eigenvalue weighted by molar-refractivity contribution is -0.119. The Bertz CT molecular complexity index is 1440. The summed E-state index contributed by atoms with van der Waals surface area (Å²) in [6.45, 7) is 1.58. The summed E-state index contributed by atoms with van der Waals surface area (Å²) in [6.07, 6.45) is 0.991. The number of carboxylic acid groups (broad SMARTS) is 1. The van der Waals surface area contributed by atoms with Crippen LogP contribution < -0.4 is 10.7 Å². The number of ketones is 1. The maximum atomic E-state index is 12.7. The number of fused-ring (bicyclic) bond motifs is 1. The van der Waals surface area contributed by atoms with Crippen molar-refractivity contribution in [2.24, 2.45) is 0 Å². The average molecular weight is 455 g/mol. The van der Waals surface area contributed by atoms with Gasteiger partial charge in [0, 0.05) is 17.5 Å². The molecule has 0 aliphatic rings. The largest absolute Gasteiger partial charge is 0.477 e. The number of aromatic carboxylic acids is 1. The number of carboxylic acids is 1. The number of carbonyl (C=O) groups is 3. The van der Waals surface area contributed by atoms with Crippen LogP contribution in [-0.4, -0.2) is 38.8 Å². The highest BCUT2D eigenvalue weighted by atomic mass is 16.4. The van der Waals surface area contributed by atoms with Crippen LogP contribution in [0.25, 0.3) is 22.2 Å². The molecular formula is C26H21N3O5. The number of pyridine rings is 2. The number of carbonyl (C=O) groups excluding carboxylic acids is 2.